The van der Waals surface area contributed by atoms with Crippen LogP contribution in [0.5, 0.6) is 0 Å². The van der Waals surface area contributed by atoms with Crippen LogP contribution >= 0.6 is 11.6 Å². The molecule has 27 heavy (non-hydrogen) atoms. The lowest BCUT2D eigenvalue weighted by molar-refractivity contribution is 0.0993. The molecular weight excluding hydrogens is 391 g/mol. The van der Waals surface area contributed by atoms with Crippen LogP contribution in [0.25, 0.3) is 11.1 Å². The number of halogens is 2. The fourth-order valence-corrected chi connectivity index (χ4v) is 4.43. The number of carbonyl (C=O) groups is 1. The molecule has 0 amide bonds. The molecule has 1 aliphatic heterocycles. The molecule has 8 heteroatoms. The van der Waals surface area contributed by atoms with Crippen LogP contribution in [0.2, 0.25) is 5.02 Å². The first-order chi connectivity index (χ1) is 12.7. The van der Waals surface area contributed by atoms with Gasteiger partial charge < -0.3 is 5.32 Å². The van der Waals surface area contributed by atoms with Gasteiger partial charge in [-0.05, 0) is 36.1 Å². The van der Waals surface area contributed by atoms with Crippen molar-refractivity contribution in [3.63, 3.8) is 0 Å². The summed E-state index contributed by atoms with van der Waals surface area (Å²) in [5.41, 5.74) is 2.17. The summed E-state index contributed by atoms with van der Waals surface area (Å²) in [5, 5.41) is 2.81. The number of Topliss-reactive ketones (excluding diaryl/α,β-unsaturated/α-hetero) is 1. The highest BCUT2D eigenvalue weighted by molar-refractivity contribution is 7.89. The third-order valence-electron chi connectivity index (χ3n) is 4.45. The van der Waals surface area contributed by atoms with E-state index in [-0.39, 0.29) is 22.3 Å². The number of benzene rings is 2. The third kappa shape index (κ3) is 4.93. The van der Waals surface area contributed by atoms with Gasteiger partial charge >= 0.3 is 0 Å². The van der Waals surface area contributed by atoms with Gasteiger partial charge in [0.1, 0.15) is 0 Å². The zero-order valence-corrected chi connectivity index (χ0v) is 16.3. The quantitative estimate of drug-likeness (QED) is 0.688. The van der Waals surface area contributed by atoms with E-state index in [2.05, 4.69) is 10.0 Å². The fourth-order valence-electron chi connectivity index (χ4n) is 2.89. The maximum Gasteiger partial charge on any atom is 0.212 e. The number of ketones is 1. The van der Waals surface area contributed by atoms with E-state index in [1.54, 1.807) is 0 Å². The van der Waals surface area contributed by atoms with Crippen LogP contribution in [-0.2, 0) is 10.0 Å². The molecular formula is C19H20ClFN2O3S. The lowest BCUT2D eigenvalue weighted by Gasteiger charge is -2.26. The van der Waals surface area contributed by atoms with Crippen molar-refractivity contribution in [3.8, 4) is 11.1 Å². The van der Waals surface area contributed by atoms with Crippen LogP contribution in [0.3, 0.4) is 0 Å². The second-order valence-corrected chi connectivity index (χ2v) is 9.00. The summed E-state index contributed by atoms with van der Waals surface area (Å²) in [7, 11) is -3.60. The SMILES string of the molecule is Cc1cccc(-c2cc(Cl)c(F)c(C(=O)CNS(=O)(=O)CC3CNC3)c2)c1. The molecule has 0 unspecified atom stereocenters. The van der Waals surface area contributed by atoms with E-state index in [1.807, 2.05) is 31.2 Å². The zero-order chi connectivity index (χ0) is 19.6. The number of aryl methyl sites for hydroxylation is 1. The molecule has 5 nitrogen and oxygen atoms in total. The first-order valence-corrected chi connectivity index (χ1v) is 10.6. The number of sulfonamides is 1. The molecule has 2 N–H and O–H groups in total. The lowest BCUT2D eigenvalue weighted by atomic mass is 9.99. The van der Waals surface area contributed by atoms with E-state index in [1.165, 1.54) is 12.1 Å². The highest BCUT2D eigenvalue weighted by Gasteiger charge is 2.25. The highest BCUT2D eigenvalue weighted by Crippen LogP contribution is 2.28. The summed E-state index contributed by atoms with van der Waals surface area (Å²) < 4.78 is 40.7. The van der Waals surface area contributed by atoms with Crippen LogP contribution < -0.4 is 10.0 Å². The lowest BCUT2D eigenvalue weighted by Crippen LogP contribution is -2.47. The van der Waals surface area contributed by atoms with E-state index < -0.39 is 28.2 Å². The molecule has 0 radical (unpaired) electrons. The maximum atomic E-state index is 14.4. The zero-order valence-electron chi connectivity index (χ0n) is 14.8. The van der Waals surface area contributed by atoms with E-state index in [4.69, 9.17) is 11.6 Å². The van der Waals surface area contributed by atoms with Gasteiger partial charge in [-0.3, -0.25) is 4.79 Å². The molecule has 0 aliphatic carbocycles. The van der Waals surface area contributed by atoms with Gasteiger partial charge in [0.05, 0.1) is 22.9 Å². The molecule has 0 spiro atoms. The van der Waals surface area contributed by atoms with Gasteiger partial charge in [0.15, 0.2) is 11.6 Å². The molecule has 2 aromatic carbocycles. The molecule has 3 rings (SSSR count). The smallest absolute Gasteiger partial charge is 0.212 e. The Morgan fingerprint density at radius 2 is 2.00 bits per heavy atom. The fraction of sp³-hybridized carbons (Fsp3) is 0.316. The molecule has 0 aromatic heterocycles. The number of nitrogens with one attached hydrogen (secondary N) is 2. The number of hydrogen-bond donors (Lipinski definition) is 2. The molecule has 0 atom stereocenters. The molecule has 0 saturated carbocycles. The second-order valence-electron chi connectivity index (χ2n) is 6.74. The van der Waals surface area contributed by atoms with Crippen molar-refractivity contribution in [1.82, 2.24) is 10.0 Å². The Labute approximate surface area is 163 Å². The van der Waals surface area contributed by atoms with Crippen molar-refractivity contribution in [2.45, 2.75) is 6.92 Å². The van der Waals surface area contributed by atoms with Crippen molar-refractivity contribution in [2.24, 2.45) is 5.92 Å². The minimum atomic E-state index is -3.60. The van der Waals surface area contributed by atoms with Crippen molar-refractivity contribution < 1.29 is 17.6 Å². The molecule has 144 valence electrons. The Balaban J connectivity index is 1.79. The average Bonchev–Trinajstić information content (AvgIpc) is 2.58. The minimum absolute atomic E-state index is 0.0356. The van der Waals surface area contributed by atoms with Gasteiger partial charge in [-0.1, -0.05) is 41.4 Å². The summed E-state index contributed by atoms with van der Waals surface area (Å²) in [6.45, 7) is 2.69. The summed E-state index contributed by atoms with van der Waals surface area (Å²) >= 11 is 5.97. The predicted molar refractivity (Wildman–Crippen MR) is 104 cm³/mol. The summed E-state index contributed by atoms with van der Waals surface area (Å²) in [6.07, 6.45) is 0. The second kappa shape index (κ2) is 8.06. The first-order valence-electron chi connectivity index (χ1n) is 8.52. The third-order valence-corrected chi connectivity index (χ3v) is 6.22. The standard InChI is InChI=1S/C19H20ClFN2O3S/c1-12-3-2-4-14(5-12)15-6-16(19(21)17(20)7-15)18(24)10-23-27(25,26)11-13-8-22-9-13/h2-7,13,22-23H,8-11H2,1H3. The van der Waals surface area contributed by atoms with Gasteiger partial charge in [-0.25, -0.2) is 17.5 Å². The summed E-state index contributed by atoms with van der Waals surface area (Å²) in [6, 6.07) is 10.4. The highest BCUT2D eigenvalue weighted by atomic mass is 35.5. The number of carbonyl (C=O) groups excluding carboxylic acids is 1. The van der Waals surface area contributed by atoms with Gasteiger partial charge in [0.25, 0.3) is 0 Å². The minimum Gasteiger partial charge on any atom is -0.316 e. The Kier molecular flexibility index (Phi) is 5.95. The maximum absolute atomic E-state index is 14.4. The average molecular weight is 411 g/mol. The monoisotopic (exact) mass is 410 g/mol. The van der Waals surface area contributed by atoms with Crippen molar-refractivity contribution >= 4 is 27.4 Å². The van der Waals surface area contributed by atoms with Crippen LogP contribution in [0.15, 0.2) is 36.4 Å². The van der Waals surface area contributed by atoms with Crippen LogP contribution in [0.4, 0.5) is 4.39 Å². The predicted octanol–water partition coefficient (Wildman–Crippen LogP) is 2.78. The normalized spacial score (nSPS) is 14.8. The Morgan fingerprint density at radius 3 is 2.63 bits per heavy atom. The summed E-state index contributed by atoms with van der Waals surface area (Å²) in [4.78, 5) is 12.4. The van der Waals surface area contributed by atoms with Crippen molar-refractivity contribution in [1.29, 1.82) is 0 Å². The van der Waals surface area contributed by atoms with E-state index in [9.17, 15) is 17.6 Å². The molecule has 1 heterocycles. The van der Waals surface area contributed by atoms with Crippen LogP contribution in [0, 0.1) is 18.7 Å². The Hall–Kier alpha value is -1.80. The molecule has 2 aromatic rings. The van der Waals surface area contributed by atoms with Gasteiger partial charge in [0, 0.05) is 13.1 Å². The first kappa shape index (κ1) is 19.9. The van der Waals surface area contributed by atoms with Gasteiger partial charge in [-0.2, -0.15) is 0 Å². The number of hydrogen-bond acceptors (Lipinski definition) is 4. The van der Waals surface area contributed by atoms with Crippen molar-refractivity contribution in [3.05, 3.63) is 58.4 Å². The molecule has 1 aliphatic rings. The topological polar surface area (TPSA) is 75.3 Å². The van der Waals surface area contributed by atoms with Gasteiger partial charge in [-0.15, -0.1) is 0 Å². The van der Waals surface area contributed by atoms with Crippen LogP contribution in [0.1, 0.15) is 15.9 Å². The summed E-state index contributed by atoms with van der Waals surface area (Å²) in [5.74, 6) is -1.53. The molecule has 1 fully saturated rings. The van der Waals surface area contributed by atoms with E-state index >= 15 is 0 Å². The Bertz CT molecular complexity index is 975. The van der Waals surface area contributed by atoms with E-state index in [0.717, 1.165) is 11.1 Å². The number of rotatable bonds is 7. The van der Waals surface area contributed by atoms with Crippen LogP contribution in [-0.4, -0.2) is 39.6 Å². The largest absolute Gasteiger partial charge is 0.316 e. The molecule has 1 saturated heterocycles. The Morgan fingerprint density at radius 1 is 1.26 bits per heavy atom. The van der Waals surface area contributed by atoms with Gasteiger partial charge in [0.2, 0.25) is 10.0 Å². The molecule has 0 bridgehead atoms. The van der Waals surface area contributed by atoms with Crippen molar-refractivity contribution in [2.75, 3.05) is 25.4 Å². The van der Waals surface area contributed by atoms with E-state index in [0.29, 0.717) is 18.7 Å².